The molecule has 0 saturated heterocycles. The molecule has 0 spiro atoms. The number of hydrogen-bond acceptors (Lipinski definition) is 3. The fraction of sp³-hybridized carbons (Fsp3) is 0.562. The summed E-state index contributed by atoms with van der Waals surface area (Å²) >= 11 is 0. The zero-order chi connectivity index (χ0) is 14.2. The summed E-state index contributed by atoms with van der Waals surface area (Å²) in [7, 11) is 0. The first-order valence-corrected chi connectivity index (χ1v) is 7.37. The van der Waals surface area contributed by atoms with Gasteiger partial charge in [0.05, 0.1) is 6.61 Å². The molecule has 0 radical (unpaired) electrons. The van der Waals surface area contributed by atoms with Gasteiger partial charge in [-0.25, -0.2) is 0 Å². The van der Waals surface area contributed by atoms with Crippen LogP contribution in [-0.2, 0) is 9.53 Å². The molecule has 1 aromatic rings. The molecular weight excluding hydrogens is 254 g/mol. The molecule has 110 valence electrons. The van der Waals surface area contributed by atoms with Crippen molar-refractivity contribution in [3.05, 3.63) is 29.8 Å². The fourth-order valence-corrected chi connectivity index (χ4v) is 2.33. The van der Waals surface area contributed by atoms with E-state index < -0.39 is 0 Å². The third-order valence-corrected chi connectivity index (χ3v) is 3.50. The number of para-hydroxylation sites is 1. The smallest absolute Gasteiger partial charge is 0.246 e. The van der Waals surface area contributed by atoms with Crippen molar-refractivity contribution in [1.82, 2.24) is 5.32 Å². The van der Waals surface area contributed by atoms with Crippen LogP contribution in [0, 0.1) is 0 Å². The van der Waals surface area contributed by atoms with Gasteiger partial charge in [0, 0.05) is 19.1 Å². The first-order valence-electron chi connectivity index (χ1n) is 7.37. The van der Waals surface area contributed by atoms with E-state index in [1.807, 2.05) is 18.2 Å². The van der Waals surface area contributed by atoms with Gasteiger partial charge in [-0.05, 0) is 24.5 Å². The van der Waals surface area contributed by atoms with Gasteiger partial charge in [0.15, 0.2) is 0 Å². The Balaban J connectivity index is 1.76. The predicted octanol–water partition coefficient (Wildman–Crippen LogP) is 2.49. The molecule has 1 heterocycles. The summed E-state index contributed by atoms with van der Waals surface area (Å²) in [6.07, 6.45) is 3.02. The Hall–Kier alpha value is -1.55. The predicted molar refractivity (Wildman–Crippen MR) is 78.0 cm³/mol. The van der Waals surface area contributed by atoms with Crippen molar-refractivity contribution >= 4 is 5.91 Å². The van der Waals surface area contributed by atoms with Crippen LogP contribution in [0.15, 0.2) is 24.3 Å². The maximum absolute atomic E-state index is 11.7. The summed E-state index contributed by atoms with van der Waals surface area (Å²) in [6, 6.07) is 8.04. The molecule has 4 heteroatoms. The highest BCUT2D eigenvalue weighted by molar-refractivity contribution is 5.77. The summed E-state index contributed by atoms with van der Waals surface area (Å²) in [5.41, 5.74) is 1.19. The maximum Gasteiger partial charge on any atom is 0.246 e. The molecule has 0 unspecified atom stereocenters. The minimum Gasteiger partial charge on any atom is -0.493 e. The van der Waals surface area contributed by atoms with Crippen LogP contribution in [0.5, 0.6) is 5.75 Å². The second-order valence-corrected chi connectivity index (χ2v) is 5.08. The second-order valence-electron chi connectivity index (χ2n) is 5.08. The van der Waals surface area contributed by atoms with E-state index in [1.54, 1.807) is 0 Å². The standard InChI is InChI=1S/C16H23NO3/c1-2-3-9-19-12-16(18)17-11-13-8-10-20-15-7-5-4-6-14(13)15/h4-7,13H,2-3,8-12H2,1H3,(H,17,18)/t13-/m1/s1. The summed E-state index contributed by atoms with van der Waals surface area (Å²) in [4.78, 5) is 11.7. The molecule has 1 aliphatic rings. The van der Waals surface area contributed by atoms with Crippen LogP contribution in [0.3, 0.4) is 0 Å². The number of benzene rings is 1. The largest absolute Gasteiger partial charge is 0.493 e. The lowest BCUT2D eigenvalue weighted by Gasteiger charge is -2.26. The van der Waals surface area contributed by atoms with E-state index in [1.165, 1.54) is 5.56 Å². The molecule has 0 bridgehead atoms. The molecule has 1 aliphatic heterocycles. The first kappa shape index (κ1) is 14.9. The average Bonchev–Trinajstić information content (AvgIpc) is 2.49. The van der Waals surface area contributed by atoms with E-state index in [0.29, 0.717) is 25.7 Å². The van der Waals surface area contributed by atoms with E-state index in [2.05, 4.69) is 18.3 Å². The van der Waals surface area contributed by atoms with Crippen LogP contribution in [-0.4, -0.2) is 32.3 Å². The zero-order valence-corrected chi connectivity index (χ0v) is 12.1. The van der Waals surface area contributed by atoms with Gasteiger partial charge in [-0.15, -0.1) is 0 Å². The number of unbranched alkanes of at least 4 members (excludes halogenated alkanes) is 1. The van der Waals surface area contributed by atoms with Gasteiger partial charge in [0.1, 0.15) is 12.4 Å². The van der Waals surface area contributed by atoms with Gasteiger partial charge in [-0.2, -0.15) is 0 Å². The molecule has 4 nitrogen and oxygen atoms in total. The van der Waals surface area contributed by atoms with Gasteiger partial charge in [0.25, 0.3) is 0 Å². The zero-order valence-electron chi connectivity index (χ0n) is 12.1. The quantitative estimate of drug-likeness (QED) is 0.779. The summed E-state index contributed by atoms with van der Waals surface area (Å²) in [6.45, 7) is 4.28. The Labute approximate surface area is 120 Å². The monoisotopic (exact) mass is 277 g/mol. The number of carbonyl (C=O) groups is 1. The average molecular weight is 277 g/mol. The second kappa shape index (κ2) is 7.90. The fourth-order valence-electron chi connectivity index (χ4n) is 2.33. The van der Waals surface area contributed by atoms with Crippen molar-refractivity contribution in [3.8, 4) is 5.75 Å². The molecule has 1 atom stereocenters. The molecule has 1 amide bonds. The number of hydrogen-bond donors (Lipinski definition) is 1. The minimum absolute atomic E-state index is 0.0370. The number of ether oxygens (including phenoxy) is 2. The number of amides is 1. The molecule has 20 heavy (non-hydrogen) atoms. The number of fused-ring (bicyclic) bond motifs is 1. The van der Waals surface area contributed by atoms with Crippen molar-refractivity contribution in [2.24, 2.45) is 0 Å². The van der Waals surface area contributed by atoms with E-state index in [0.717, 1.165) is 25.0 Å². The molecule has 2 rings (SSSR count). The maximum atomic E-state index is 11.7. The van der Waals surface area contributed by atoms with Gasteiger partial charge in [0.2, 0.25) is 5.91 Å². The van der Waals surface area contributed by atoms with E-state index in [9.17, 15) is 4.79 Å². The minimum atomic E-state index is -0.0370. The molecular formula is C16H23NO3. The van der Waals surface area contributed by atoms with Crippen molar-refractivity contribution in [3.63, 3.8) is 0 Å². The highest BCUT2D eigenvalue weighted by atomic mass is 16.5. The van der Waals surface area contributed by atoms with Crippen molar-refractivity contribution in [2.45, 2.75) is 32.1 Å². The highest BCUT2D eigenvalue weighted by Crippen LogP contribution is 2.32. The number of carbonyl (C=O) groups excluding carboxylic acids is 1. The van der Waals surface area contributed by atoms with Gasteiger partial charge >= 0.3 is 0 Å². The number of nitrogens with one attached hydrogen (secondary N) is 1. The first-order chi connectivity index (χ1) is 9.81. The van der Waals surface area contributed by atoms with Crippen LogP contribution in [0.4, 0.5) is 0 Å². The third-order valence-electron chi connectivity index (χ3n) is 3.50. The molecule has 0 aliphatic carbocycles. The topological polar surface area (TPSA) is 47.6 Å². The summed E-state index contributed by atoms with van der Waals surface area (Å²) < 4.78 is 10.9. The normalized spacial score (nSPS) is 17.1. The molecule has 0 fully saturated rings. The lowest BCUT2D eigenvalue weighted by molar-refractivity contribution is -0.125. The number of rotatable bonds is 7. The van der Waals surface area contributed by atoms with E-state index in [-0.39, 0.29) is 12.5 Å². The van der Waals surface area contributed by atoms with Gasteiger partial charge < -0.3 is 14.8 Å². The van der Waals surface area contributed by atoms with Crippen LogP contribution in [0.1, 0.15) is 37.7 Å². The van der Waals surface area contributed by atoms with Crippen molar-refractivity contribution < 1.29 is 14.3 Å². The van der Waals surface area contributed by atoms with E-state index >= 15 is 0 Å². The van der Waals surface area contributed by atoms with Gasteiger partial charge in [-0.3, -0.25) is 4.79 Å². The molecule has 0 aromatic heterocycles. The third kappa shape index (κ3) is 4.23. The Kier molecular flexibility index (Phi) is 5.87. The van der Waals surface area contributed by atoms with Crippen LogP contribution in [0.25, 0.3) is 0 Å². The Morgan fingerprint density at radius 2 is 2.30 bits per heavy atom. The Morgan fingerprint density at radius 1 is 1.45 bits per heavy atom. The summed E-state index contributed by atoms with van der Waals surface area (Å²) in [5.74, 6) is 1.24. The van der Waals surface area contributed by atoms with Crippen molar-refractivity contribution in [1.29, 1.82) is 0 Å². The lowest BCUT2D eigenvalue weighted by atomic mass is 9.93. The SMILES string of the molecule is CCCCOCC(=O)NC[C@H]1CCOc2ccccc21. The lowest BCUT2D eigenvalue weighted by Crippen LogP contribution is -2.33. The van der Waals surface area contributed by atoms with Crippen LogP contribution >= 0.6 is 0 Å². The van der Waals surface area contributed by atoms with Crippen LogP contribution in [0.2, 0.25) is 0 Å². The molecule has 1 N–H and O–H groups in total. The molecule has 1 aromatic carbocycles. The van der Waals surface area contributed by atoms with Gasteiger partial charge in [-0.1, -0.05) is 31.5 Å². The highest BCUT2D eigenvalue weighted by Gasteiger charge is 2.21. The Morgan fingerprint density at radius 3 is 3.15 bits per heavy atom. The molecule has 0 saturated carbocycles. The van der Waals surface area contributed by atoms with E-state index in [4.69, 9.17) is 9.47 Å². The summed E-state index contributed by atoms with van der Waals surface area (Å²) in [5, 5.41) is 2.95. The Bertz CT molecular complexity index is 433. The van der Waals surface area contributed by atoms with Crippen molar-refractivity contribution in [2.75, 3.05) is 26.4 Å². The van der Waals surface area contributed by atoms with Crippen LogP contribution < -0.4 is 10.1 Å².